The maximum absolute atomic E-state index is 13.1. The summed E-state index contributed by atoms with van der Waals surface area (Å²) in [5.41, 5.74) is 2.95. The first-order valence-corrected chi connectivity index (χ1v) is 10.2. The molecule has 164 valence electrons. The molecule has 9 nitrogen and oxygen atoms in total. The Labute approximate surface area is 184 Å². The molecule has 0 radical (unpaired) electrons. The molecule has 0 fully saturated rings. The zero-order valence-corrected chi connectivity index (χ0v) is 18.2. The van der Waals surface area contributed by atoms with E-state index in [-0.39, 0.29) is 17.5 Å². The first-order valence-electron chi connectivity index (χ1n) is 10.2. The van der Waals surface area contributed by atoms with Crippen LogP contribution >= 0.6 is 0 Å². The van der Waals surface area contributed by atoms with E-state index in [1.807, 2.05) is 44.2 Å². The highest BCUT2D eigenvalue weighted by atomic mass is 16.5. The molecule has 0 aliphatic carbocycles. The van der Waals surface area contributed by atoms with Gasteiger partial charge in [-0.1, -0.05) is 35.5 Å². The quantitative estimate of drug-likeness (QED) is 0.454. The summed E-state index contributed by atoms with van der Waals surface area (Å²) in [6.07, 6.45) is 0.534. The van der Waals surface area contributed by atoms with Crippen LogP contribution in [0.4, 0.5) is 5.88 Å². The monoisotopic (exact) mass is 433 g/mol. The van der Waals surface area contributed by atoms with Crippen LogP contribution in [0.15, 0.2) is 53.2 Å². The molecule has 1 amide bonds. The number of hydrogen-bond donors (Lipinski definition) is 1. The molecule has 1 unspecified atom stereocenters. The molecule has 1 N–H and O–H groups in total. The van der Waals surface area contributed by atoms with Gasteiger partial charge in [0.05, 0.1) is 28.5 Å². The maximum atomic E-state index is 13.1. The number of anilines is 1. The Hall–Kier alpha value is -4.01. The minimum atomic E-state index is -1.06. The van der Waals surface area contributed by atoms with Crippen LogP contribution in [0, 0.1) is 6.92 Å². The minimum absolute atomic E-state index is 0.0463. The molecule has 0 saturated heterocycles. The van der Waals surface area contributed by atoms with E-state index in [1.54, 1.807) is 29.9 Å². The van der Waals surface area contributed by atoms with Crippen LogP contribution in [0.3, 0.4) is 0 Å². The Morgan fingerprint density at radius 1 is 1.12 bits per heavy atom. The number of carbonyl (C=O) groups is 2. The van der Waals surface area contributed by atoms with Gasteiger partial charge in [-0.15, -0.1) is 0 Å². The maximum Gasteiger partial charge on any atom is 0.339 e. The number of aryl methyl sites for hydroxylation is 1. The fraction of sp³-hybridized carbons (Fsp3) is 0.261. The van der Waals surface area contributed by atoms with Crippen LogP contribution in [-0.4, -0.2) is 37.9 Å². The fourth-order valence-electron chi connectivity index (χ4n) is 3.24. The number of nitrogens with zero attached hydrogens (tertiary/aromatic N) is 4. The average molecular weight is 433 g/mol. The van der Waals surface area contributed by atoms with Crippen molar-refractivity contribution in [2.45, 2.75) is 39.8 Å². The number of ether oxygens (including phenoxy) is 1. The van der Waals surface area contributed by atoms with Crippen molar-refractivity contribution in [3.05, 3.63) is 59.9 Å². The van der Waals surface area contributed by atoms with E-state index in [4.69, 9.17) is 14.2 Å². The number of pyridine rings is 1. The Morgan fingerprint density at radius 2 is 1.88 bits per heavy atom. The van der Waals surface area contributed by atoms with Gasteiger partial charge in [0.25, 0.3) is 5.91 Å². The van der Waals surface area contributed by atoms with Crippen molar-refractivity contribution >= 4 is 28.8 Å². The molecule has 3 aromatic heterocycles. The molecule has 0 spiro atoms. The van der Waals surface area contributed by atoms with Crippen molar-refractivity contribution in [1.82, 2.24) is 19.9 Å². The summed E-state index contributed by atoms with van der Waals surface area (Å²) < 4.78 is 12.2. The summed E-state index contributed by atoms with van der Waals surface area (Å²) in [5, 5.41) is 11.2. The Bertz CT molecular complexity index is 1280. The lowest BCUT2D eigenvalue weighted by Gasteiger charge is -2.14. The topological polar surface area (TPSA) is 112 Å². The molecular weight excluding hydrogens is 410 g/mol. The van der Waals surface area contributed by atoms with Crippen LogP contribution in [-0.2, 0) is 9.53 Å². The Balaban J connectivity index is 1.66. The molecule has 0 aliphatic heterocycles. The Morgan fingerprint density at radius 3 is 2.53 bits per heavy atom. The standard InChI is InChI=1S/C23H23N5O4/c1-13(2)28-21-18(12-24-28)17(11-19(25-21)16-8-6-5-7-9-16)23(30)31-15(4)22(29)26-20-10-14(3)27-32-20/h5-13,15H,1-4H3,(H,26,29). The molecule has 1 atom stereocenters. The SMILES string of the molecule is Cc1cc(NC(=O)C(C)OC(=O)c2cc(-c3ccccc3)nc3c2cnn3C(C)C)on1. The highest BCUT2D eigenvalue weighted by Crippen LogP contribution is 2.27. The molecule has 4 rings (SSSR count). The van der Waals surface area contributed by atoms with Gasteiger partial charge < -0.3 is 9.26 Å². The zero-order chi connectivity index (χ0) is 22.8. The molecule has 3 heterocycles. The van der Waals surface area contributed by atoms with Crippen LogP contribution in [0.5, 0.6) is 0 Å². The first kappa shape index (κ1) is 21.2. The summed E-state index contributed by atoms with van der Waals surface area (Å²) in [6.45, 7) is 7.20. The second kappa shape index (κ2) is 8.62. The van der Waals surface area contributed by atoms with Crippen molar-refractivity contribution in [3.63, 3.8) is 0 Å². The van der Waals surface area contributed by atoms with Gasteiger partial charge in [0.1, 0.15) is 0 Å². The van der Waals surface area contributed by atoms with Crippen LogP contribution in [0.25, 0.3) is 22.3 Å². The number of aromatic nitrogens is 4. The molecule has 0 saturated carbocycles. The highest BCUT2D eigenvalue weighted by Gasteiger charge is 2.24. The lowest BCUT2D eigenvalue weighted by Crippen LogP contribution is -2.30. The van der Waals surface area contributed by atoms with Gasteiger partial charge >= 0.3 is 5.97 Å². The van der Waals surface area contributed by atoms with E-state index >= 15 is 0 Å². The third-order valence-corrected chi connectivity index (χ3v) is 4.87. The normalized spacial score (nSPS) is 12.2. The second-order valence-corrected chi connectivity index (χ2v) is 7.71. The van der Waals surface area contributed by atoms with E-state index in [2.05, 4.69) is 15.6 Å². The Kier molecular flexibility index (Phi) is 5.72. The number of amides is 1. The van der Waals surface area contributed by atoms with E-state index in [0.717, 1.165) is 5.56 Å². The van der Waals surface area contributed by atoms with Crippen molar-refractivity contribution in [2.24, 2.45) is 0 Å². The lowest BCUT2D eigenvalue weighted by molar-refractivity contribution is -0.123. The average Bonchev–Trinajstić information content (AvgIpc) is 3.39. The summed E-state index contributed by atoms with van der Waals surface area (Å²) in [6, 6.07) is 12.8. The number of benzene rings is 1. The fourth-order valence-corrected chi connectivity index (χ4v) is 3.24. The smallest absolute Gasteiger partial charge is 0.339 e. The summed E-state index contributed by atoms with van der Waals surface area (Å²) >= 11 is 0. The van der Waals surface area contributed by atoms with Gasteiger partial charge in [0.15, 0.2) is 11.8 Å². The van der Waals surface area contributed by atoms with E-state index in [1.165, 1.54) is 6.92 Å². The molecule has 0 aliphatic rings. The largest absolute Gasteiger partial charge is 0.449 e. The van der Waals surface area contributed by atoms with Crippen molar-refractivity contribution in [2.75, 3.05) is 5.32 Å². The summed E-state index contributed by atoms with van der Waals surface area (Å²) in [5.74, 6) is -0.985. The van der Waals surface area contributed by atoms with Crippen molar-refractivity contribution in [1.29, 1.82) is 0 Å². The molecule has 1 aromatic carbocycles. The first-order chi connectivity index (χ1) is 15.3. The van der Waals surface area contributed by atoms with Crippen LogP contribution in [0.1, 0.15) is 42.9 Å². The number of nitrogens with one attached hydrogen (secondary N) is 1. The van der Waals surface area contributed by atoms with Gasteiger partial charge in [-0.25, -0.2) is 14.5 Å². The van der Waals surface area contributed by atoms with Gasteiger partial charge in [-0.2, -0.15) is 5.10 Å². The molecular formula is C23H23N5O4. The number of hydrogen-bond acceptors (Lipinski definition) is 7. The number of fused-ring (bicyclic) bond motifs is 1. The van der Waals surface area contributed by atoms with Gasteiger partial charge in [0.2, 0.25) is 5.88 Å². The van der Waals surface area contributed by atoms with Crippen molar-refractivity contribution in [3.8, 4) is 11.3 Å². The molecule has 9 heteroatoms. The third kappa shape index (κ3) is 4.22. The van der Waals surface area contributed by atoms with E-state index in [9.17, 15) is 9.59 Å². The molecule has 32 heavy (non-hydrogen) atoms. The number of carbonyl (C=O) groups excluding carboxylic acids is 2. The van der Waals surface area contributed by atoms with E-state index in [0.29, 0.717) is 22.4 Å². The zero-order valence-electron chi connectivity index (χ0n) is 18.2. The number of rotatable bonds is 6. The molecule has 4 aromatic rings. The lowest BCUT2D eigenvalue weighted by atomic mass is 10.1. The third-order valence-electron chi connectivity index (χ3n) is 4.87. The predicted molar refractivity (Wildman–Crippen MR) is 118 cm³/mol. The van der Waals surface area contributed by atoms with Gasteiger partial charge in [0, 0.05) is 17.7 Å². The predicted octanol–water partition coefficient (Wildman–Crippen LogP) is 4.16. The number of esters is 1. The highest BCUT2D eigenvalue weighted by molar-refractivity contribution is 6.05. The van der Waals surface area contributed by atoms with Crippen molar-refractivity contribution < 1.29 is 18.8 Å². The summed E-state index contributed by atoms with van der Waals surface area (Å²) in [7, 11) is 0. The van der Waals surface area contributed by atoms with E-state index < -0.39 is 18.0 Å². The van der Waals surface area contributed by atoms with Gasteiger partial charge in [-0.3, -0.25) is 10.1 Å². The van der Waals surface area contributed by atoms with Crippen LogP contribution in [0.2, 0.25) is 0 Å². The molecule has 0 bridgehead atoms. The minimum Gasteiger partial charge on any atom is -0.449 e. The second-order valence-electron chi connectivity index (χ2n) is 7.71. The van der Waals surface area contributed by atoms with Crippen LogP contribution < -0.4 is 5.32 Å². The summed E-state index contributed by atoms with van der Waals surface area (Å²) in [4.78, 5) is 30.3. The van der Waals surface area contributed by atoms with Gasteiger partial charge in [-0.05, 0) is 33.8 Å².